The lowest BCUT2D eigenvalue weighted by molar-refractivity contribution is -0.915. The van der Waals surface area contributed by atoms with Crippen LogP contribution in [0.2, 0.25) is 0 Å². The van der Waals surface area contributed by atoms with Crippen LogP contribution in [0.3, 0.4) is 0 Å². The molecule has 0 rings (SSSR count). The molecule has 0 saturated heterocycles. The van der Waals surface area contributed by atoms with Crippen LogP contribution in [0.1, 0.15) is 137 Å². The van der Waals surface area contributed by atoms with Crippen LogP contribution in [-0.4, -0.2) is 56.8 Å². The molecule has 0 fully saturated rings. The molecule has 0 spiro atoms. The number of hydrogen-bond acceptors (Lipinski definition) is 5. The SMILES string of the molecule is CCCCCCCCCCCCCCCCCC(=O)NC(CC)[N+](C)(C)CC.CCOS(=O)(=O)[O-]. The van der Waals surface area contributed by atoms with E-state index in [1.165, 1.54) is 96.8 Å². The van der Waals surface area contributed by atoms with Gasteiger partial charge in [-0.2, -0.15) is 0 Å². The second-order valence-corrected chi connectivity index (χ2v) is 11.2. The summed E-state index contributed by atoms with van der Waals surface area (Å²) in [5.41, 5.74) is 0. The van der Waals surface area contributed by atoms with E-state index in [1.54, 1.807) is 0 Å². The van der Waals surface area contributed by atoms with Gasteiger partial charge in [-0.3, -0.25) is 8.98 Å². The minimum Gasteiger partial charge on any atom is -0.726 e. The summed E-state index contributed by atoms with van der Waals surface area (Å²) in [7, 11) is -0.0312. The van der Waals surface area contributed by atoms with Crippen molar-refractivity contribution >= 4 is 16.3 Å². The molecule has 0 aliphatic heterocycles. The predicted octanol–water partition coefficient (Wildman–Crippen LogP) is 6.68. The number of carbonyl (C=O) groups is 1. The van der Waals surface area contributed by atoms with E-state index in [-0.39, 0.29) is 18.7 Å². The topological polar surface area (TPSA) is 95.5 Å². The maximum Gasteiger partial charge on any atom is 0.224 e. The van der Waals surface area contributed by atoms with E-state index in [1.807, 2.05) is 0 Å². The predicted molar refractivity (Wildman–Crippen MR) is 146 cm³/mol. The van der Waals surface area contributed by atoms with Gasteiger partial charge in [0, 0.05) is 12.8 Å². The molecule has 1 atom stereocenters. The molecule has 0 aromatic carbocycles. The quantitative estimate of drug-likeness (QED) is 0.0562. The zero-order valence-corrected chi connectivity index (χ0v) is 24.7. The molecule has 1 amide bonds. The maximum absolute atomic E-state index is 12.2. The molecule has 0 heterocycles. The van der Waals surface area contributed by atoms with E-state index in [9.17, 15) is 17.8 Å². The Bertz CT molecular complexity index is 582. The van der Waals surface area contributed by atoms with Crippen LogP contribution in [0.5, 0.6) is 0 Å². The Hall–Kier alpha value is -0.700. The maximum atomic E-state index is 12.2. The van der Waals surface area contributed by atoms with Gasteiger partial charge in [-0.1, -0.05) is 104 Å². The average Bonchev–Trinajstić information content (AvgIpc) is 2.79. The number of rotatable bonds is 22. The van der Waals surface area contributed by atoms with Crippen LogP contribution in [0.15, 0.2) is 0 Å². The third-order valence-corrected chi connectivity index (χ3v) is 7.17. The summed E-state index contributed by atoms with van der Waals surface area (Å²) in [5.74, 6) is 0.237. The zero-order chi connectivity index (χ0) is 27.0. The first-order valence-corrected chi connectivity index (χ1v) is 15.6. The van der Waals surface area contributed by atoms with Gasteiger partial charge in [0.15, 0.2) is 6.17 Å². The summed E-state index contributed by atoms with van der Waals surface area (Å²) >= 11 is 0. The lowest BCUT2D eigenvalue weighted by Gasteiger charge is -2.36. The first kappa shape index (κ1) is 36.5. The molecule has 7 nitrogen and oxygen atoms in total. The highest BCUT2D eigenvalue weighted by Gasteiger charge is 2.25. The van der Waals surface area contributed by atoms with E-state index in [0.29, 0.717) is 6.42 Å². The molecule has 8 heteroatoms. The largest absolute Gasteiger partial charge is 0.726 e. The van der Waals surface area contributed by atoms with Crippen molar-refractivity contribution in [2.75, 3.05) is 27.2 Å². The second kappa shape index (κ2) is 23.7. The van der Waals surface area contributed by atoms with Gasteiger partial charge in [-0.25, -0.2) is 8.42 Å². The molecule has 35 heavy (non-hydrogen) atoms. The minimum absolute atomic E-state index is 0.0914. The Labute approximate surface area is 218 Å². The van der Waals surface area contributed by atoms with E-state index in [0.717, 1.165) is 23.9 Å². The van der Waals surface area contributed by atoms with Crippen LogP contribution in [0.4, 0.5) is 0 Å². The summed E-state index contributed by atoms with van der Waals surface area (Å²) < 4.78 is 32.9. The van der Waals surface area contributed by atoms with Gasteiger partial charge in [0.2, 0.25) is 16.3 Å². The number of nitrogens with one attached hydrogen (secondary N) is 1. The van der Waals surface area contributed by atoms with Crippen LogP contribution in [0, 0.1) is 0 Å². The highest BCUT2D eigenvalue weighted by atomic mass is 32.3. The molecule has 0 aromatic rings. The molecule has 1 N–H and O–H groups in total. The standard InChI is InChI=1S/C25H52N2O.C2H6O4S/c1-6-9-10-11-12-13-14-15-16-17-18-19-20-21-22-23-25(28)26-24(7-2)27(4,5)8-3;1-2-6-7(3,4)5/h24H,6-23H2,1-5H3;2H2,1H3,(H,3,4,5). The summed E-state index contributed by atoms with van der Waals surface area (Å²) in [6.07, 6.45) is 22.4. The van der Waals surface area contributed by atoms with E-state index >= 15 is 0 Å². The molecular weight excluding hydrogens is 464 g/mol. The third-order valence-electron chi connectivity index (χ3n) is 6.64. The summed E-state index contributed by atoms with van der Waals surface area (Å²) in [6, 6.07) is 0. The molecule has 212 valence electrons. The number of quaternary nitrogens is 1. The first-order valence-electron chi connectivity index (χ1n) is 14.3. The fraction of sp³-hybridized carbons (Fsp3) is 0.963. The molecule has 0 aliphatic carbocycles. The number of amides is 1. The molecule has 1 unspecified atom stereocenters. The number of nitrogens with zero attached hydrogens (tertiary/aromatic N) is 1. The zero-order valence-electron chi connectivity index (χ0n) is 23.9. The molecule has 0 bridgehead atoms. The second-order valence-electron chi connectivity index (χ2n) is 10.1. The van der Waals surface area contributed by atoms with E-state index in [4.69, 9.17) is 0 Å². The van der Waals surface area contributed by atoms with Crippen molar-refractivity contribution in [3.63, 3.8) is 0 Å². The molecule has 0 saturated carbocycles. The first-order chi connectivity index (χ1) is 16.5. The van der Waals surface area contributed by atoms with Gasteiger partial charge in [-0.15, -0.1) is 0 Å². The number of carbonyl (C=O) groups excluding carboxylic acids is 1. The lowest BCUT2D eigenvalue weighted by Crippen LogP contribution is -2.57. The smallest absolute Gasteiger partial charge is 0.224 e. The van der Waals surface area contributed by atoms with E-state index < -0.39 is 10.4 Å². The monoisotopic (exact) mass is 522 g/mol. The number of hydrogen-bond donors (Lipinski definition) is 1. The van der Waals surface area contributed by atoms with Crippen molar-refractivity contribution in [3.8, 4) is 0 Å². The van der Waals surface area contributed by atoms with Gasteiger partial charge in [0.05, 0.1) is 27.2 Å². The van der Waals surface area contributed by atoms with Crippen LogP contribution < -0.4 is 5.32 Å². The van der Waals surface area contributed by atoms with Crippen LogP contribution in [0.25, 0.3) is 0 Å². The highest BCUT2D eigenvalue weighted by molar-refractivity contribution is 7.80. The Morgan fingerprint density at radius 2 is 1.17 bits per heavy atom. The molecule has 0 radical (unpaired) electrons. The van der Waals surface area contributed by atoms with Crippen molar-refractivity contribution < 1.29 is 26.4 Å². The summed E-state index contributed by atoms with van der Waals surface area (Å²) in [4.78, 5) is 12.2. The van der Waals surface area contributed by atoms with Crippen LogP contribution >= 0.6 is 0 Å². The third kappa shape index (κ3) is 26.2. The molecular formula is C27H58N2O5S. The summed E-state index contributed by atoms with van der Waals surface area (Å²) in [6.45, 7) is 9.00. The van der Waals surface area contributed by atoms with Crippen molar-refractivity contribution in [1.29, 1.82) is 0 Å². The fourth-order valence-corrected chi connectivity index (χ4v) is 4.34. The van der Waals surface area contributed by atoms with Crippen molar-refractivity contribution in [1.82, 2.24) is 5.32 Å². The van der Waals surface area contributed by atoms with Gasteiger partial charge >= 0.3 is 0 Å². The lowest BCUT2D eigenvalue weighted by atomic mass is 10.0. The molecule has 0 aliphatic rings. The minimum atomic E-state index is -4.42. The Kier molecular flexibility index (Phi) is 24.7. The van der Waals surface area contributed by atoms with Gasteiger partial charge in [0.25, 0.3) is 0 Å². The van der Waals surface area contributed by atoms with Crippen molar-refractivity contribution in [2.45, 2.75) is 143 Å². The Morgan fingerprint density at radius 1 is 0.771 bits per heavy atom. The highest BCUT2D eigenvalue weighted by Crippen LogP contribution is 2.14. The van der Waals surface area contributed by atoms with Gasteiger partial charge in [-0.05, 0) is 20.3 Å². The normalized spacial score (nSPS) is 12.7. The fourth-order valence-electron chi connectivity index (χ4n) is 4.05. The van der Waals surface area contributed by atoms with Gasteiger partial charge < -0.3 is 14.4 Å². The van der Waals surface area contributed by atoms with Gasteiger partial charge in [0.1, 0.15) is 0 Å². The van der Waals surface area contributed by atoms with Crippen molar-refractivity contribution in [2.24, 2.45) is 0 Å². The number of unbranched alkanes of at least 4 members (excludes halogenated alkanes) is 14. The van der Waals surface area contributed by atoms with E-state index in [2.05, 4.69) is 44.4 Å². The average molecular weight is 523 g/mol. The summed E-state index contributed by atoms with van der Waals surface area (Å²) in [5, 5.41) is 3.24. The molecule has 0 aromatic heterocycles. The Morgan fingerprint density at radius 3 is 1.46 bits per heavy atom. The van der Waals surface area contributed by atoms with Crippen LogP contribution in [-0.2, 0) is 19.4 Å². The Balaban J connectivity index is 0. The van der Waals surface area contributed by atoms with Crippen molar-refractivity contribution in [3.05, 3.63) is 0 Å².